The molecule has 1 amide bonds. The summed E-state index contributed by atoms with van der Waals surface area (Å²) in [5, 5.41) is 25.9. The van der Waals surface area contributed by atoms with E-state index in [1.807, 2.05) is 19.1 Å². The van der Waals surface area contributed by atoms with Crippen molar-refractivity contribution < 1.29 is 24.2 Å². The number of carboxylic acids is 1. The number of aromatic nitrogens is 2. The Morgan fingerprint density at radius 2 is 1.86 bits per heavy atom. The first-order valence-electron chi connectivity index (χ1n) is 9.04. The molecule has 2 aromatic carbocycles. The maximum Gasteiger partial charge on any atom is 0.305 e. The van der Waals surface area contributed by atoms with E-state index in [2.05, 4.69) is 10.4 Å². The molecule has 3 rings (SSSR count). The quantitative estimate of drug-likeness (QED) is 0.568. The molecule has 0 bridgehead atoms. The van der Waals surface area contributed by atoms with E-state index in [1.165, 1.54) is 18.2 Å². The van der Waals surface area contributed by atoms with Crippen LogP contribution in [0.25, 0.3) is 5.69 Å². The molecule has 150 valence electrons. The summed E-state index contributed by atoms with van der Waals surface area (Å²) >= 11 is 0. The first kappa shape index (κ1) is 20.1. The number of aryl methyl sites for hydroxylation is 1. The number of para-hydroxylation sites is 1. The Balaban J connectivity index is 1.85. The van der Waals surface area contributed by atoms with Crippen LogP contribution in [0.4, 0.5) is 4.39 Å². The third-order valence-electron chi connectivity index (χ3n) is 4.48. The van der Waals surface area contributed by atoms with Gasteiger partial charge in [-0.2, -0.15) is 9.78 Å². The first-order valence-corrected chi connectivity index (χ1v) is 9.04. The lowest BCUT2D eigenvalue weighted by Gasteiger charge is -2.17. The number of carbonyl (C=O) groups is 2. The zero-order valence-electron chi connectivity index (χ0n) is 15.7. The average molecular weight is 397 g/mol. The molecule has 0 saturated heterocycles. The fourth-order valence-corrected chi connectivity index (χ4v) is 2.93. The lowest BCUT2D eigenvalue weighted by atomic mass is 10.0. The molecule has 0 aliphatic heterocycles. The van der Waals surface area contributed by atoms with Crippen molar-refractivity contribution in [1.82, 2.24) is 15.1 Å². The Bertz CT molecular complexity index is 1030. The van der Waals surface area contributed by atoms with Gasteiger partial charge in [-0.1, -0.05) is 43.3 Å². The molecule has 7 nitrogen and oxygen atoms in total. The summed E-state index contributed by atoms with van der Waals surface area (Å²) in [5.41, 5.74) is 1.55. The highest BCUT2D eigenvalue weighted by atomic mass is 19.1. The van der Waals surface area contributed by atoms with Gasteiger partial charge in [-0.15, -0.1) is 0 Å². The lowest BCUT2D eigenvalue weighted by Crippen LogP contribution is -2.30. The minimum Gasteiger partial charge on any atom is -0.493 e. The van der Waals surface area contributed by atoms with Crippen molar-refractivity contribution in [2.75, 3.05) is 0 Å². The topological polar surface area (TPSA) is 104 Å². The molecule has 0 spiro atoms. The number of carboxylic acid groups (broad SMARTS) is 1. The number of nitrogens with one attached hydrogen (secondary N) is 1. The first-order chi connectivity index (χ1) is 13.9. The minimum atomic E-state index is -1.07. The summed E-state index contributed by atoms with van der Waals surface area (Å²) in [5.74, 6) is -2.78. The fourth-order valence-electron chi connectivity index (χ4n) is 2.93. The van der Waals surface area contributed by atoms with Crippen molar-refractivity contribution in [3.63, 3.8) is 0 Å². The van der Waals surface area contributed by atoms with Crippen molar-refractivity contribution in [1.29, 1.82) is 0 Å². The highest BCUT2D eigenvalue weighted by Crippen LogP contribution is 2.22. The molecule has 0 aliphatic rings. The highest BCUT2D eigenvalue weighted by molar-refractivity contribution is 5.93. The Kier molecular flexibility index (Phi) is 5.92. The van der Waals surface area contributed by atoms with Crippen LogP contribution in [-0.4, -0.2) is 31.9 Å². The third kappa shape index (κ3) is 4.60. The van der Waals surface area contributed by atoms with Crippen LogP contribution in [0.1, 0.15) is 41.0 Å². The van der Waals surface area contributed by atoms with E-state index >= 15 is 0 Å². The standard InChI is InChI=1S/C21H20FN3O4/c1-2-13-7-9-14(10-8-13)16(12-20(27)28)23-21(29)17-11-19(26)25(24-17)18-6-4-3-5-15(18)22/h3-11,16,26H,2,12H2,1H3,(H,23,29)(H,27,28). The molecule has 1 atom stereocenters. The number of amides is 1. The van der Waals surface area contributed by atoms with E-state index in [1.54, 1.807) is 18.2 Å². The van der Waals surface area contributed by atoms with Crippen molar-refractivity contribution in [3.05, 3.63) is 77.2 Å². The number of hydrogen-bond donors (Lipinski definition) is 3. The SMILES string of the molecule is CCc1ccc(C(CC(=O)O)NC(=O)c2cc(O)n(-c3ccccc3F)n2)cc1. The van der Waals surface area contributed by atoms with Crippen molar-refractivity contribution in [2.24, 2.45) is 0 Å². The van der Waals surface area contributed by atoms with Crippen molar-refractivity contribution in [2.45, 2.75) is 25.8 Å². The molecule has 0 radical (unpaired) electrons. The normalized spacial score (nSPS) is 11.8. The maximum absolute atomic E-state index is 14.0. The molecule has 8 heteroatoms. The summed E-state index contributed by atoms with van der Waals surface area (Å²) < 4.78 is 14.9. The summed E-state index contributed by atoms with van der Waals surface area (Å²) in [7, 11) is 0. The number of nitrogens with zero attached hydrogens (tertiary/aromatic N) is 2. The number of rotatable bonds is 7. The molecule has 1 unspecified atom stereocenters. The molecule has 0 fully saturated rings. The fraction of sp³-hybridized carbons (Fsp3) is 0.190. The number of carbonyl (C=O) groups excluding carboxylic acids is 1. The van der Waals surface area contributed by atoms with Gasteiger partial charge in [0, 0.05) is 6.07 Å². The van der Waals surface area contributed by atoms with E-state index in [0.29, 0.717) is 5.56 Å². The summed E-state index contributed by atoms with van der Waals surface area (Å²) in [6, 6.07) is 13.3. The van der Waals surface area contributed by atoms with Gasteiger partial charge in [0.25, 0.3) is 5.91 Å². The molecule has 1 heterocycles. The van der Waals surface area contributed by atoms with Gasteiger partial charge in [0.05, 0.1) is 12.5 Å². The summed E-state index contributed by atoms with van der Waals surface area (Å²) in [6.07, 6.45) is 0.514. The number of benzene rings is 2. The predicted molar refractivity (Wildman–Crippen MR) is 103 cm³/mol. The molecule has 1 aromatic heterocycles. The van der Waals surface area contributed by atoms with Gasteiger partial charge in [-0.25, -0.2) is 4.39 Å². The van der Waals surface area contributed by atoms with E-state index in [9.17, 15) is 24.2 Å². The number of hydrogen-bond acceptors (Lipinski definition) is 4. The maximum atomic E-state index is 14.0. The van der Waals surface area contributed by atoms with Crippen LogP contribution in [0.15, 0.2) is 54.6 Å². The second-order valence-electron chi connectivity index (χ2n) is 6.47. The zero-order chi connectivity index (χ0) is 21.0. The summed E-state index contributed by atoms with van der Waals surface area (Å²) in [6.45, 7) is 2.00. The second-order valence-corrected chi connectivity index (χ2v) is 6.47. The Morgan fingerprint density at radius 3 is 2.48 bits per heavy atom. The van der Waals surface area contributed by atoms with E-state index < -0.39 is 29.6 Å². The van der Waals surface area contributed by atoms with Crippen LogP contribution in [0.5, 0.6) is 5.88 Å². The van der Waals surface area contributed by atoms with Gasteiger partial charge in [-0.05, 0) is 29.7 Å². The smallest absolute Gasteiger partial charge is 0.305 e. The van der Waals surface area contributed by atoms with Crippen molar-refractivity contribution in [3.8, 4) is 11.6 Å². The predicted octanol–water partition coefficient (Wildman–Crippen LogP) is 3.23. The van der Waals surface area contributed by atoms with E-state index in [4.69, 9.17) is 0 Å². The largest absolute Gasteiger partial charge is 0.493 e. The van der Waals surface area contributed by atoms with E-state index in [0.717, 1.165) is 22.7 Å². The molecular weight excluding hydrogens is 377 g/mol. The monoisotopic (exact) mass is 397 g/mol. The number of halogens is 1. The van der Waals surface area contributed by atoms with Crippen LogP contribution in [-0.2, 0) is 11.2 Å². The zero-order valence-corrected chi connectivity index (χ0v) is 15.7. The molecule has 3 N–H and O–H groups in total. The minimum absolute atomic E-state index is 0.0127. The second kappa shape index (κ2) is 8.55. The Hall–Kier alpha value is -3.68. The van der Waals surface area contributed by atoms with Gasteiger partial charge in [0.1, 0.15) is 11.5 Å². The van der Waals surface area contributed by atoms with Gasteiger partial charge >= 0.3 is 5.97 Å². The highest BCUT2D eigenvalue weighted by Gasteiger charge is 2.22. The van der Waals surface area contributed by atoms with Crippen LogP contribution >= 0.6 is 0 Å². The van der Waals surface area contributed by atoms with E-state index in [-0.39, 0.29) is 17.8 Å². The van der Waals surface area contributed by atoms with Crippen LogP contribution < -0.4 is 5.32 Å². The van der Waals surface area contributed by atoms with Gasteiger partial charge < -0.3 is 15.5 Å². The van der Waals surface area contributed by atoms with Crippen LogP contribution in [0.3, 0.4) is 0 Å². The average Bonchev–Trinajstić information content (AvgIpc) is 3.09. The van der Waals surface area contributed by atoms with Gasteiger partial charge in [0.2, 0.25) is 5.88 Å². The summed E-state index contributed by atoms with van der Waals surface area (Å²) in [4.78, 5) is 23.9. The van der Waals surface area contributed by atoms with Crippen LogP contribution in [0.2, 0.25) is 0 Å². The molecule has 3 aromatic rings. The Labute approximate surface area is 166 Å². The van der Waals surface area contributed by atoms with Gasteiger partial charge in [0.15, 0.2) is 5.69 Å². The van der Waals surface area contributed by atoms with Crippen LogP contribution in [0, 0.1) is 5.82 Å². The molecule has 0 saturated carbocycles. The molecular formula is C21H20FN3O4. The molecule has 0 aliphatic carbocycles. The van der Waals surface area contributed by atoms with Crippen molar-refractivity contribution >= 4 is 11.9 Å². The number of aliphatic carboxylic acids is 1. The number of aromatic hydroxyl groups is 1. The van der Waals surface area contributed by atoms with Gasteiger partial charge in [-0.3, -0.25) is 9.59 Å². The lowest BCUT2D eigenvalue weighted by molar-refractivity contribution is -0.137. The third-order valence-corrected chi connectivity index (χ3v) is 4.48. The molecule has 29 heavy (non-hydrogen) atoms. The Morgan fingerprint density at radius 1 is 1.17 bits per heavy atom.